The summed E-state index contributed by atoms with van der Waals surface area (Å²) in [6.45, 7) is 0. The second-order valence-electron chi connectivity index (χ2n) is 5.05. The van der Waals surface area contributed by atoms with Crippen LogP contribution in [0.1, 0.15) is 1.43 Å². The first kappa shape index (κ1) is 14.3. The molecule has 0 aliphatic carbocycles. The van der Waals surface area contributed by atoms with Gasteiger partial charge in [-0.15, -0.1) is 0 Å². The van der Waals surface area contributed by atoms with Gasteiger partial charge in [-0.1, -0.05) is 84.9 Å². The van der Waals surface area contributed by atoms with E-state index in [1.165, 1.54) is 32.7 Å². The van der Waals surface area contributed by atoms with Crippen LogP contribution >= 0.6 is 0 Å². The molecule has 21 heavy (non-hydrogen) atoms. The summed E-state index contributed by atoms with van der Waals surface area (Å²) >= 11 is 0. The summed E-state index contributed by atoms with van der Waals surface area (Å²) in [5, 5.41) is 5.20. The van der Waals surface area contributed by atoms with Crippen LogP contribution in [0, 0.1) is 0 Å². The van der Waals surface area contributed by atoms with Gasteiger partial charge < -0.3 is 1.43 Å². The van der Waals surface area contributed by atoms with Gasteiger partial charge in [-0.2, -0.15) is 0 Å². The van der Waals surface area contributed by atoms with Crippen LogP contribution in [-0.2, 0) is 0 Å². The van der Waals surface area contributed by atoms with Crippen LogP contribution in [0.3, 0.4) is 0 Å². The molecule has 0 saturated carbocycles. The Morgan fingerprint density at radius 2 is 0.810 bits per heavy atom. The van der Waals surface area contributed by atoms with E-state index in [9.17, 15) is 0 Å². The van der Waals surface area contributed by atoms with Gasteiger partial charge in [0, 0.05) is 0 Å². The van der Waals surface area contributed by atoms with E-state index in [4.69, 9.17) is 0 Å². The van der Waals surface area contributed by atoms with Crippen molar-refractivity contribution in [2.24, 2.45) is 0 Å². The van der Waals surface area contributed by atoms with Gasteiger partial charge in [0.15, 0.2) is 0 Å². The third-order valence-electron chi connectivity index (χ3n) is 3.87. The molecular weight excluding hydrogens is 263 g/mol. The Balaban J connectivity index is 0.000000882. The predicted octanol–water partition coefficient (Wildman–Crippen LogP) is 2.78. The van der Waals surface area contributed by atoms with E-state index in [1.807, 2.05) is 0 Å². The fourth-order valence-electron chi connectivity index (χ4n) is 2.92. The molecule has 0 aliphatic rings. The minimum Gasteiger partial charge on any atom is -1.00 e. The van der Waals surface area contributed by atoms with Crippen LogP contribution in [-0.4, -0.2) is 0 Å². The van der Waals surface area contributed by atoms with Gasteiger partial charge in [-0.05, 0) is 32.7 Å². The Hall–Kier alpha value is -1.60. The van der Waals surface area contributed by atoms with Gasteiger partial charge in [0.2, 0.25) is 0 Å². The van der Waals surface area contributed by atoms with Crippen molar-refractivity contribution in [1.82, 2.24) is 0 Å². The van der Waals surface area contributed by atoms with Gasteiger partial charge in [0.1, 0.15) is 0 Å². The van der Waals surface area contributed by atoms with Crippen LogP contribution < -0.4 is 29.6 Å². The van der Waals surface area contributed by atoms with E-state index in [1.54, 1.807) is 0 Å². The van der Waals surface area contributed by atoms with E-state index in [0.717, 1.165) is 0 Å². The second kappa shape index (κ2) is 6.03. The van der Waals surface area contributed by atoms with Crippen molar-refractivity contribution in [2.45, 2.75) is 0 Å². The molecule has 0 amide bonds. The molecule has 0 bridgehead atoms. The maximum absolute atomic E-state index is 2.21. The molecule has 0 nitrogen and oxygen atoms in total. The zero-order valence-electron chi connectivity index (χ0n) is 13.1. The summed E-state index contributed by atoms with van der Waals surface area (Å²) in [5.41, 5.74) is 2.61. The van der Waals surface area contributed by atoms with Crippen molar-refractivity contribution < 1.29 is 31.0 Å². The Labute approximate surface area is 148 Å². The van der Waals surface area contributed by atoms with E-state index >= 15 is 0 Å². The predicted molar refractivity (Wildman–Crippen MR) is 88.0 cm³/mol. The molecule has 4 aromatic carbocycles. The van der Waals surface area contributed by atoms with Gasteiger partial charge in [-0.25, -0.2) is 0 Å². The summed E-state index contributed by atoms with van der Waals surface area (Å²) in [5.74, 6) is 0. The molecular formula is C20H15Na. The molecule has 0 aliphatic heterocycles. The van der Waals surface area contributed by atoms with Crippen molar-refractivity contribution in [3.63, 3.8) is 0 Å². The Bertz CT molecular complexity index is 827. The minimum atomic E-state index is 0. The third-order valence-corrected chi connectivity index (χ3v) is 3.87. The number of hydrogen-bond donors (Lipinski definition) is 0. The first-order valence-electron chi connectivity index (χ1n) is 6.89. The van der Waals surface area contributed by atoms with Crippen LogP contribution in [0.15, 0.2) is 84.9 Å². The largest absolute Gasteiger partial charge is 1.00 e. The molecule has 0 heterocycles. The molecule has 0 fully saturated rings. The first-order valence-corrected chi connectivity index (χ1v) is 6.89. The number of hydrogen-bond acceptors (Lipinski definition) is 0. The SMILES string of the molecule is [H-].[Na+].c1ccc2c(-c3cccc4ccccc34)cccc2c1. The first-order chi connectivity index (χ1) is 9.93. The van der Waals surface area contributed by atoms with Crippen molar-refractivity contribution in [3.8, 4) is 11.1 Å². The van der Waals surface area contributed by atoms with E-state index in [-0.39, 0.29) is 31.0 Å². The van der Waals surface area contributed by atoms with Crippen molar-refractivity contribution in [3.05, 3.63) is 84.9 Å². The smallest absolute Gasteiger partial charge is 1.00 e. The molecule has 1 heteroatoms. The molecule has 0 unspecified atom stereocenters. The zero-order valence-corrected chi connectivity index (χ0v) is 14.1. The van der Waals surface area contributed by atoms with Gasteiger partial charge in [-0.3, -0.25) is 0 Å². The molecule has 0 saturated heterocycles. The quantitative estimate of drug-likeness (QED) is 0.470. The van der Waals surface area contributed by atoms with Gasteiger partial charge >= 0.3 is 29.6 Å². The van der Waals surface area contributed by atoms with Crippen LogP contribution in [0.2, 0.25) is 0 Å². The van der Waals surface area contributed by atoms with Crippen LogP contribution in [0.4, 0.5) is 0 Å². The maximum Gasteiger partial charge on any atom is 1.00 e. The van der Waals surface area contributed by atoms with Crippen molar-refractivity contribution in [1.29, 1.82) is 0 Å². The molecule has 0 aromatic heterocycles. The normalized spacial score (nSPS) is 10.5. The zero-order chi connectivity index (χ0) is 13.4. The van der Waals surface area contributed by atoms with Crippen LogP contribution in [0.5, 0.6) is 0 Å². The number of benzene rings is 4. The topological polar surface area (TPSA) is 0 Å². The summed E-state index contributed by atoms with van der Waals surface area (Å²) in [6.07, 6.45) is 0. The minimum absolute atomic E-state index is 0. The van der Waals surface area contributed by atoms with E-state index in [2.05, 4.69) is 84.9 Å². The number of fused-ring (bicyclic) bond motifs is 2. The summed E-state index contributed by atoms with van der Waals surface area (Å²) < 4.78 is 0. The second-order valence-corrected chi connectivity index (χ2v) is 5.05. The molecule has 0 radical (unpaired) electrons. The summed E-state index contributed by atoms with van der Waals surface area (Å²) in [7, 11) is 0. The van der Waals surface area contributed by atoms with Crippen molar-refractivity contribution in [2.75, 3.05) is 0 Å². The van der Waals surface area contributed by atoms with Gasteiger partial charge in [0.25, 0.3) is 0 Å². The standard InChI is InChI=1S/C20H14.Na.H/c1-3-11-17-15(7-1)9-5-13-19(17)20-14-6-10-16-8-2-4-12-18(16)20;;/h1-14H;;/q;+1;-1. The Morgan fingerprint density at radius 3 is 1.29 bits per heavy atom. The Morgan fingerprint density at radius 1 is 0.429 bits per heavy atom. The average Bonchev–Trinajstić information content (AvgIpc) is 2.54. The van der Waals surface area contributed by atoms with E-state index < -0.39 is 0 Å². The molecule has 0 N–H and O–H groups in total. The molecule has 0 atom stereocenters. The monoisotopic (exact) mass is 278 g/mol. The number of rotatable bonds is 1. The average molecular weight is 278 g/mol. The summed E-state index contributed by atoms with van der Waals surface area (Å²) in [4.78, 5) is 0. The molecule has 0 spiro atoms. The molecule has 4 aromatic rings. The van der Waals surface area contributed by atoms with Crippen molar-refractivity contribution >= 4 is 21.5 Å². The van der Waals surface area contributed by atoms with E-state index in [0.29, 0.717) is 0 Å². The molecule has 96 valence electrons. The maximum atomic E-state index is 2.21. The fraction of sp³-hybridized carbons (Fsp3) is 0. The Kier molecular flexibility index (Phi) is 4.12. The molecule has 4 rings (SSSR count). The van der Waals surface area contributed by atoms with Gasteiger partial charge in [0.05, 0.1) is 0 Å². The van der Waals surface area contributed by atoms with Crippen LogP contribution in [0.25, 0.3) is 32.7 Å². The third kappa shape index (κ3) is 2.51. The fourth-order valence-corrected chi connectivity index (χ4v) is 2.92. The summed E-state index contributed by atoms with van der Waals surface area (Å²) in [6, 6.07) is 30.2.